The summed E-state index contributed by atoms with van der Waals surface area (Å²) in [6.07, 6.45) is 1.87. The van der Waals surface area contributed by atoms with Crippen molar-refractivity contribution < 1.29 is 9.59 Å². The fraction of sp³-hybridized carbons (Fsp3) is 0.556. The zero-order valence-corrected chi connectivity index (χ0v) is 14.4. The van der Waals surface area contributed by atoms with Crippen molar-refractivity contribution in [3.05, 3.63) is 29.8 Å². The zero-order valence-electron chi connectivity index (χ0n) is 14.4. The van der Waals surface area contributed by atoms with Crippen LogP contribution in [-0.4, -0.2) is 29.8 Å². The Hall–Kier alpha value is -1.84. The van der Waals surface area contributed by atoms with E-state index in [0.717, 1.165) is 25.9 Å². The van der Waals surface area contributed by atoms with Gasteiger partial charge in [-0.2, -0.15) is 0 Å². The molecule has 4 nitrogen and oxygen atoms in total. The number of carbonyl (C=O) groups excluding carboxylic acids is 2. The molecule has 1 aromatic rings. The molecule has 122 valence electrons. The average molecular weight is 304 g/mol. The Kier molecular flexibility index (Phi) is 6.60. The number of amides is 2. The first kappa shape index (κ1) is 18.2. The van der Waals surface area contributed by atoms with Gasteiger partial charge in [0.1, 0.15) is 0 Å². The summed E-state index contributed by atoms with van der Waals surface area (Å²) < 4.78 is 0. The molecule has 0 spiro atoms. The van der Waals surface area contributed by atoms with Gasteiger partial charge in [-0.1, -0.05) is 40.7 Å². The number of nitrogens with zero attached hydrogens (tertiary/aromatic N) is 1. The van der Waals surface area contributed by atoms with Crippen molar-refractivity contribution in [2.45, 2.75) is 47.5 Å². The van der Waals surface area contributed by atoms with E-state index in [2.05, 4.69) is 19.2 Å². The Bertz CT molecular complexity index is 512. The van der Waals surface area contributed by atoms with Crippen molar-refractivity contribution in [3.63, 3.8) is 0 Å². The molecule has 22 heavy (non-hydrogen) atoms. The lowest BCUT2D eigenvalue weighted by Crippen LogP contribution is -2.32. The Morgan fingerprint density at radius 3 is 2.18 bits per heavy atom. The molecule has 0 aliphatic rings. The Labute approximate surface area is 133 Å². The van der Waals surface area contributed by atoms with Crippen LogP contribution in [0, 0.1) is 5.41 Å². The molecule has 0 fully saturated rings. The van der Waals surface area contributed by atoms with E-state index >= 15 is 0 Å². The maximum Gasteiger partial charge on any atom is 0.253 e. The second-order valence-electron chi connectivity index (χ2n) is 6.58. The molecule has 0 unspecified atom stereocenters. The highest BCUT2D eigenvalue weighted by molar-refractivity contribution is 5.98. The van der Waals surface area contributed by atoms with Gasteiger partial charge in [-0.05, 0) is 31.0 Å². The molecule has 2 amide bonds. The summed E-state index contributed by atoms with van der Waals surface area (Å²) in [7, 11) is 0. The molecule has 1 aromatic carbocycles. The summed E-state index contributed by atoms with van der Waals surface area (Å²) in [6, 6.07) is 7.17. The summed E-state index contributed by atoms with van der Waals surface area (Å²) in [5.41, 5.74) is 0.823. The smallest absolute Gasteiger partial charge is 0.253 e. The zero-order chi connectivity index (χ0) is 16.8. The lowest BCUT2D eigenvalue weighted by molar-refractivity contribution is -0.123. The minimum atomic E-state index is -0.462. The number of rotatable bonds is 6. The molecule has 0 aliphatic carbocycles. The summed E-state index contributed by atoms with van der Waals surface area (Å²) in [5, 5.41) is 2.87. The van der Waals surface area contributed by atoms with Crippen LogP contribution < -0.4 is 5.32 Å². The fourth-order valence-electron chi connectivity index (χ4n) is 2.09. The van der Waals surface area contributed by atoms with Crippen LogP contribution in [0.5, 0.6) is 0 Å². The van der Waals surface area contributed by atoms with Crippen molar-refractivity contribution in [2.24, 2.45) is 5.41 Å². The molecule has 0 bridgehead atoms. The lowest BCUT2D eigenvalue weighted by Gasteiger charge is -2.22. The molecule has 1 rings (SSSR count). The van der Waals surface area contributed by atoms with E-state index in [9.17, 15) is 9.59 Å². The minimum Gasteiger partial charge on any atom is -0.339 e. The van der Waals surface area contributed by atoms with E-state index in [-0.39, 0.29) is 11.8 Å². The van der Waals surface area contributed by atoms with Gasteiger partial charge in [0.25, 0.3) is 5.91 Å². The Morgan fingerprint density at radius 1 is 1.09 bits per heavy atom. The van der Waals surface area contributed by atoms with Gasteiger partial charge in [0.15, 0.2) is 0 Å². The predicted molar refractivity (Wildman–Crippen MR) is 91.0 cm³/mol. The molecule has 0 heterocycles. The van der Waals surface area contributed by atoms with Gasteiger partial charge in [-0.15, -0.1) is 0 Å². The number of hydrogen-bond donors (Lipinski definition) is 1. The Balaban J connectivity index is 2.91. The average Bonchev–Trinajstić information content (AvgIpc) is 2.45. The van der Waals surface area contributed by atoms with Crippen LogP contribution in [0.4, 0.5) is 5.69 Å². The van der Waals surface area contributed by atoms with Gasteiger partial charge >= 0.3 is 0 Å². The highest BCUT2D eigenvalue weighted by Gasteiger charge is 2.21. The van der Waals surface area contributed by atoms with Gasteiger partial charge in [0, 0.05) is 29.8 Å². The molecule has 4 heteroatoms. The van der Waals surface area contributed by atoms with Crippen molar-refractivity contribution in [1.82, 2.24) is 4.90 Å². The molecule has 0 saturated heterocycles. The molecule has 0 saturated carbocycles. The largest absolute Gasteiger partial charge is 0.339 e. The van der Waals surface area contributed by atoms with Gasteiger partial charge < -0.3 is 10.2 Å². The van der Waals surface area contributed by atoms with E-state index in [1.165, 1.54) is 0 Å². The van der Waals surface area contributed by atoms with Crippen LogP contribution in [0.1, 0.15) is 57.8 Å². The molecule has 0 aromatic heterocycles. The summed E-state index contributed by atoms with van der Waals surface area (Å²) >= 11 is 0. The first-order valence-corrected chi connectivity index (χ1v) is 8.00. The second kappa shape index (κ2) is 7.97. The highest BCUT2D eigenvalue weighted by Crippen LogP contribution is 2.19. The van der Waals surface area contributed by atoms with Crippen LogP contribution in [0.15, 0.2) is 24.3 Å². The fourth-order valence-corrected chi connectivity index (χ4v) is 2.09. The molecular weight excluding hydrogens is 276 g/mol. The Morgan fingerprint density at radius 2 is 1.68 bits per heavy atom. The third-order valence-corrected chi connectivity index (χ3v) is 3.32. The summed E-state index contributed by atoms with van der Waals surface area (Å²) in [6.45, 7) is 11.2. The third-order valence-electron chi connectivity index (χ3n) is 3.32. The van der Waals surface area contributed by atoms with E-state index in [4.69, 9.17) is 0 Å². The van der Waals surface area contributed by atoms with E-state index in [1.807, 2.05) is 37.8 Å². The van der Waals surface area contributed by atoms with Crippen LogP contribution in [0.3, 0.4) is 0 Å². The first-order chi connectivity index (χ1) is 10.3. The van der Waals surface area contributed by atoms with Crippen molar-refractivity contribution in [3.8, 4) is 0 Å². The second-order valence-corrected chi connectivity index (χ2v) is 6.58. The van der Waals surface area contributed by atoms with Gasteiger partial charge in [0.2, 0.25) is 5.91 Å². The van der Waals surface area contributed by atoms with E-state index < -0.39 is 5.41 Å². The molecule has 0 aliphatic heterocycles. The maximum absolute atomic E-state index is 12.6. The van der Waals surface area contributed by atoms with Crippen LogP contribution in [-0.2, 0) is 4.79 Å². The summed E-state index contributed by atoms with van der Waals surface area (Å²) in [4.78, 5) is 26.5. The summed E-state index contributed by atoms with van der Waals surface area (Å²) in [5.74, 6) is -0.0355. The van der Waals surface area contributed by atoms with E-state index in [1.54, 1.807) is 12.1 Å². The van der Waals surface area contributed by atoms with Gasteiger partial charge in [0.05, 0.1) is 0 Å². The van der Waals surface area contributed by atoms with Crippen LogP contribution in [0.25, 0.3) is 0 Å². The molecule has 0 radical (unpaired) electrons. The minimum absolute atomic E-state index is 0.0237. The van der Waals surface area contributed by atoms with Gasteiger partial charge in [-0.3, -0.25) is 9.59 Å². The molecule has 0 atom stereocenters. The molecular formula is C18H28N2O2. The van der Waals surface area contributed by atoms with E-state index in [0.29, 0.717) is 11.3 Å². The third kappa shape index (κ3) is 5.17. The lowest BCUT2D eigenvalue weighted by atomic mass is 9.95. The van der Waals surface area contributed by atoms with Crippen molar-refractivity contribution in [1.29, 1.82) is 0 Å². The number of nitrogens with one attached hydrogen (secondary N) is 1. The van der Waals surface area contributed by atoms with Gasteiger partial charge in [-0.25, -0.2) is 0 Å². The van der Waals surface area contributed by atoms with Crippen molar-refractivity contribution in [2.75, 3.05) is 18.4 Å². The van der Waals surface area contributed by atoms with Crippen LogP contribution >= 0.6 is 0 Å². The number of hydrogen-bond acceptors (Lipinski definition) is 2. The number of anilines is 1. The standard InChI is InChI=1S/C18H28N2O2/c1-6-11-20(12-7-2)16(21)14-9-8-10-15(13-14)19-17(22)18(3,4)5/h8-10,13H,6-7,11-12H2,1-5H3,(H,19,22). The normalized spacial score (nSPS) is 11.1. The SMILES string of the molecule is CCCN(CCC)C(=O)c1cccc(NC(=O)C(C)(C)C)c1. The first-order valence-electron chi connectivity index (χ1n) is 8.00. The van der Waals surface area contributed by atoms with Crippen molar-refractivity contribution >= 4 is 17.5 Å². The monoisotopic (exact) mass is 304 g/mol. The number of carbonyl (C=O) groups is 2. The maximum atomic E-state index is 12.6. The quantitative estimate of drug-likeness (QED) is 0.865. The highest BCUT2D eigenvalue weighted by atomic mass is 16.2. The molecule has 1 N–H and O–H groups in total. The van der Waals surface area contributed by atoms with Crippen LogP contribution in [0.2, 0.25) is 0 Å². The number of benzene rings is 1. The predicted octanol–water partition coefficient (Wildman–Crippen LogP) is 3.93. The topological polar surface area (TPSA) is 49.4 Å².